The molecule has 25 heavy (non-hydrogen) atoms. The third-order valence-corrected chi connectivity index (χ3v) is 5.59. The van der Waals surface area contributed by atoms with Gasteiger partial charge in [-0.05, 0) is 38.5 Å². The van der Waals surface area contributed by atoms with E-state index in [1.165, 1.54) is 0 Å². The molecule has 148 valence electrons. The number of carbonyl (C=O) groups excluding carboxylic acids is 2. The maximum atomic E-state index is 10.9. The van der Waals surface area contributed by atoms with E-state index in [2.05, 4.69) is 13.8 Å². The molecule has 0 saturated carbocycles. The van der Waals surface area contributed by atoms with Crippen molar-refractivity contribution in [2.45, 2.75) is 106 Å². The number of carboxylic acid groups (broad SMARTS) is 2. The molecule has 0 aromatic rings. The van der Waals surface area contributed by atoms with Crippen molar-refractivity contribution in [3.63, 3.8) is 0 Å². The van der Waals surface area contributed by atoms with Gasteiger partial charge in [-0.1, -0.05) is 67.2 Å². The van der Waals surface area contributed by atoms with Gasteiger partial charge in [-0.15, -0.1) is 0 Å². The molecule has 0 aliphatic rings. The standard InChI is InChI=1S/2C10H20O2.Sn.2H/c2*1-4-7-8-10(5-2,6-3)9(11)12;;;/h2*4-8H2,1-3H3,(H,11,12);;;/q;;+2;;/p-2. The van der Waals surface area contributed by atoms with Crippen LogP contribution in [0.25, 0.3) is 0 Å². The van der Waals surface area contributed by atoms with Crippen LogP contribution in [0.5, 0.6) is 0 Å². The van der Waals surface area contributed by atoms with Crippen molar-refractivity contribution in [1.82, 2.24) is 0 Å². The Morgan fingerprint density at radius 2 is 0.880 bits per heavy atom. The average Bonchev–Trinajstić information content (AvgIpc) is 2.58. The Morgan fingerprint density at radius 3 is 1.00 bits per heavy atom. The summed E-state index contributed by atoms with van der Waals surface area (Å²) < 4.78 is 0. The van der Waals surface area contributed by atoms with Crippen LogP contribution >= 0.6 is 0 Å². The minimum absolute atomic E-state index is 0. The Hall–Kier alpha value is -0.261. The Labute approximate surface area is 172 Å². The van der Waals surface area contributed by atoms with E-state index >= 15 is 0 Å². The fraction of sp³-hybridized carbons (Fsp3) is 0.900. The summed E-state index contributed by atoms with van der Waals surface area (Å²) in [6.45, 7) is 11.9. The zero-order chi connectivity index (χ0) is 19.2. The molecular formula is C20H40O4Sn. The minimum atomic E-state index is -0.874. The summed E-state index contributed by atoms with van der Waals surface area (Å²) in [5, 5.41) is 21.8. The van der Waals surface area contributed by atoms with Gasteiger partial charge in [-0.2, -0.15) is 0 Å². The van der Waals surface area contributed by atoms with E-state index in [0.29, 0.717) is 25.7 Å². The van der Waals surface area contributed by atoms with Crippen LogP contribution in [-0.4, -0.2) is 35.8 Å². The molecule has 0 rings (SSSR count). The van der Waals surface area contributed by atoms with Crippen LogP contribution in [0.2, 0.25) is 0 Å². The van der Waals surface area contributed by atoms with Gasteiger partial charge in [0, 0.05) is 22.8 Å². The fourth-order valence-corrected chi connectivity index (χ4v) is 3.02. The van der Waals surface area contributed by atoms with Crippen molar-refractivity contribution in [1.29, 1.82) is 0 Å². The Bertz CT molecular complexity index is 314. The number of carboxylic acids is 2. The van der Waals surface area contributed by atoms with E-state index in [1.54, 1.807) is 0 Å². The molecule has 4 nitrogen and oxygen atoms in total. The van der Waals surface area contributed by atoms with Crippen molar-refractivity contribution in [2.75, 3.05) is 0 Å². The average molecular weight is 463 g/mol. The molecule has 5 heteroatoms. The molecular weight excluding hydrogens is 423 g/mol. The third kappa shape index (κ3) is 9.86. The summed E-state index contributed by atoms with van der Waals surface area (Å²) in [5.41, 5.74) is -1.12. The Balaban J connectivity index is -0.000000372. The molecule has 0 radical (unpaired) electrons. The quantitative estimate of drug-likeness (QED) is 0.417. The van der Waals surface area contributed by atoms with Gasteiger partial charge in [0.05, 0.1) is 0 Å². The van der Waals surface area contributed by atoms with Gasteiger partial charge in [0.2, 0.25) is 0 Å². The Kier molecular flexibility index (Phi) is 18.8. The van der Waals surface area contributed by atoms with Crippen LogP contribution in [0.4, 0.5) is 0 Å². The number of carbonyl (C=O) groups is 2. The summed E-state index contributed by atoms with van der Waals surface area (Å²) in [6.07, 6.45) is 8.34. The van der Waals surface area contributed by atoms with Crippen LogP contribution in [0.1, 0.15) is 106 Å². The van der Waals surface area contributed by atoms with Gasteiger partial charge >= 0.3 is 23.9 Å². The second kappa shape index (κ2) is 16.0. The van der Waals surface area contributed by atoms with Gasteiger partial charge < -0.3 is 19.8 Å². The summed E-state index contributed by atoms with van der Waals surface area (Å²) in [6, 6.07) is 0. The molecule has 0 bridgehead atoms. The summed E-state index contributed by atoms with van der Waals surface area (Å²) in [4.78, 5) is 21.8. The summed E-state index contributed by atoms with van der Waals surface area (Å²) >= 11 is 0. The summed E-state index contributed by atoms with van der Waals surface area (Å²) in [5.74, 6) is -1.75. The van der Waals surface area contributed by atoms with Crippen LogP contribution in [0.15, 0.2) is 0 Å². The van der Waals surface area contributed by atoms with E-state index in [9.17, 15) is 19.8 Å². The van der Waals surface area contributed by atoms with Crippen molar-refractivity contribution in [3.8, 4) is 0 Å². The first kappa shape index (κ1) is 29.5. The molecule has 0 atom stereocenters. The number of aliphatic carboxylic acids is 2. The van der Waals surface area contributed by atoms with Crippen LogP contribution in [-0.2, 0) is 9.59 Å². The topological polar surface area (TPSA) is 80.3 Å². The number of unbranched alkanes of at least 4 members (excludes halogenated alkanes) is 2. The SMILES string of the molecule is CCCCC(CC)(CC)C(=O)[O-].CCCCC(CC)(CC)C(=O)[O-].[SnH2+2]. The fourth-order valence-electron chi connectivity index (χ4n) is 3.02. The number of hydrogen-bond acceptors (Lipinski definition) is 4. The third-order valence-electron chi connectivity index (χ3n) is 5.59. The molecule has 0 aromatic carbocycles. The van der Waals surface area contributed by atoms with Crippen molar-refractivity contribution < 1.29 is 19.8 Å². The maximum absolute atomic E-state index is 10.9. The number of rotatable bonds is 12. The van der Waals surface area contributed by atoms with Gasteiger partial charge in [-0.3, -0.25) is 0 Å². The molecule has 0 heterocycles. The molecule has 0 saturated heterocycles. The van der Waals surface area contributed by atoms with Crippen LogP contribution < -0.4 is 10.2 Å². The molecule has 0 aliphatic heterocycles. The van der Waals surface area contributed by atoms with Crippen molar-refractivity contribution in [2.24, 2.45) is 10.8 Å². The first-order chi connectivity index (χ1) is 11.3. The van der Waals surface area contributed by atoms with E-state index in [1.807, 2.05) is 27.7 Å². The van der Waals surface area contributed by atoms with E-state index in [0.717, 1.165) is 38.5 Å². The Morgan fingerprint density at radius 1 is 0.640 bits per heavy atom. The monoisotopic (exact) mass is 464 g/mol. The second-order valence-corrected chi connectivity index (χ2v) is 6.76. The van der Waals surface area contributed by atoms with Gasteiger partial charge in [0.15, 0.2) is 0 Å². The zero-order valence-electron chi connectivity index (χ0n) is 17.4. The molecule has 0 unspecified atom stereocenters. The first-order valence-corrected chi connectivity index (χ1v) is 9.68. The normalized spacial score (nSPS) is 11.1. The van der Waals surface area contributed by atoms with Gasteiger partial charge in [-0.25, -0.2) is 0 Å². The van der Waals surface area contributed by atoms with Gasteiger partial charge in [0.1, 0.15) is 0 Å². The van der Waals surface area contributed by atoms with Crippen LogP contribution in [0, 0.1) is 10.8 Å². The second-order valence-electron chi connectivity index (χ2n) is 6.76. The van der Waals surface area contributed by atoms with E-state index < -0.39 is 22.8 Å². The molecule has 0 spiro atoms. The van der Waals surface area contributed by atoms with E-state index in [-0.39, 0.29) is 23.9 Å². The zero-order valence-corrected chi connectivity index (χ0v) is 21.4. The molecule has 0 N–H and O–H groups in total. The predicted octanol–water partition coefficient (Wildman–Crippen LogP) is 2.55. The first-order valence-electron chi connectivity index (χ1n) is 9.68. The molecule has 0 fully saturated rings. The van der Waals surface area contributed by atoms with E-state index in [4.69, 9.17) is 0 Å². The molecule has 0 amide bonds. The number of hydrogen-bond donors (Lipinski definition) is 0. The van der Waals surface area contributed by atoms with Gasteiger partial charge in [0.25, 0.3) is 0 Å². The van der Waals surface area contributed by atoms with Crippen LogP contribution in [0.3, 0.4) is 0 Å². The summed E-state index contributed by atoms with van der Waals surface area (Å²) in [7, 11) is 0. The van der Waals surface area contributed by atoms with Crippen molar-refractivity contribution >= 4 is 35.8 Å². The molecule has 0 aromatic heterocycles. The van der Waals surface area contributed by atoms with Crippen molar-refractivity contribution in [3.05, 3.63) is 0 Å². The predicted molar refractivity (Wildman–Crippen MR) is 104 cm³/mol. The molecule has 0 aliphatic carbocycles.